The highest BCUT2D eigenvalue weighted by molar-refractivity contribution is 5.79. The van der Waals surface area contributed by atoms with Crippen molar-refractivity contribution in [3.63, 3.8) is 0 Å². The third-order valence-corrected chi connectivity index (χ3v) is 4.95. The quantitative estimate of drug-likeness (QED) is 0.497. The molecule has 1 aromatic rings. The molecule has 136 valence electrons. The van der Waals surface area contributed by atoms with Crippen molar-refractivity contribution in [2.75, 3.05) is 19.7 Å². The van der Waals surface area contributed by atoms with Crippen molar-refractivity contribution in [1.82, 2.24) is 25.4 Å². The van der Waals surface area contributed by atoms with Gasteiger partial charge in [-0.3, -0.25) is 0 Å². The Labute approximate surface area is 145 Å². The van der Waals surface area contributed by atoms with Gasteiger partial charge in [0.05, 0.1) is 0 Å². The molecule has 0 aromatic carbocycles. The average molecular weight is 336 g/mol. The molecule has 1 aliphatic carbocycles. The summed E-state index contributed by atoms with van der Waals surface area (Å²) in [6, 6.07) is 0. The van der Waals surface area contributed by atoms with Crippen LogP contribution in [0.3, 0.4) is 0 Å². The molecular weight excluding hydrogens is 304 g/mol. The highest BCUT2D eigenvalue weighted by atomic mass is 16.3. The summed E-state index contributed by atoms with van der Waals surface area (Å²) >= 11 is 0. The van der Waals surface area contributed by atoms with E-state index in [1.165, 1.54) is 32.1 Å². The van der Waals surface area contributed by atoms with Gasteiger partial charge in [-0.1, -0.05) is 19.3 Å². The standard InChI is InChI=1S/C17H32N6O/c1-3-18-16(19-12-15-22-21-14-23(15)4-2)20-13-17(10-11-24)8-6-5-7-9-17/h14,24H,3-13H2,1-2H3,(H2,18,19,20). The molecule has 0 saturated heterocycles. The van der Waals surface area contributed by atoms with E-state index in [2.05, 4.69) is 39.7 Å². The lowest BCUT2D eigenvalue weighted by atomic mass is 9.72. The zero-order chi connectivity index (χ0) is 17.3. The van der Waals surface area contributed by atoms with Gasteiger partial charge in [-0.25, -0.2) is 4.99 Å². The number of aromatic nitrogens is 3. The van der Waals surface area contributed by atoms with Gasteiger partial charge in [0.25, 0.3) is 0 Å². The lowest BCUT2D eigenvalue weighted by molar-refractivity contribution is 0.131. The number of guanidine groups is 1. The van der Waals surface area contributed by atoms with Crippen molar-refractivity contribution in [3.8, 4) is 0 Å². The smallest absolute Gasteiger partial charge is 0.191 e. The lowest BCUT2D eigenvalue weighted by Crippen LogP contribution is -2.45. The molecule has 0 radical (unpaired) electrons. The molecule has 0 atom stereocenters. The van der Waals surface area contributed by atoms with Gasteiger partial charge in [0, 0.05) is 26.2 Å². The molecule has 0 unspecified atom stereocenters. The van der Waals surface area contributed by atoms with Crippen LogP contribution in [0, 0.1) is 5.41 Å². The van der Waals surface area contributed by atoms with Crippen LogP contribution in [-0.2, 0) is 13.1 Å². The largest absolute Gasteiger partial charge is 0.396 e. The van der Waals surface area contributed by atoms with E-state index >= 15 is 0 Å². The zero-order valence-electron chi connectivity index (χ0n) is 15.1. The van der Waals surface area contributed by atoms with Crippen LogP contribution in [0.2, 0.25) is 0 Å². The molecule has 0 spiro atoms. The van der Waals surface area contributed by atoms with Crippen molar-refractivity contribution < 1.29 is 5.11 Å². The second-order valence-corrected chi connectivity index (χ2v) is 6.62. The molecular formula is C17H32N6O. The molecule has 1 aliphatic rings. The Morgan fingerprint density at radius 1 is 1.29 bits per heavy atom. The maximum Gasteiger partial charge on any atom is 0.191 e. The minimum atomic E-state index is 0.201. The second-order valence-electron chi connectivity index (χ2n) is 6.62. The Bertz CT molecular complexity index is 501. The first-order valence-electron chi connectivity index (χ1n) is 9.22. The Morgan fingerprint density at radius 2 is 2.08 bits per heavy atom. The first-order chi connectivity index (χ1) is 11.7. The number of aliphatic imine (C=N–C) groups is 1. The summed E-state index contributed by atoms with van der Waals surface area (Å²) in [6.45, 7) is 7.43. The number of nitrogens with zero attached hydrogens (tertiary/aromatic N) is 4. The second kappa shape index (κ2) is 9.61. The number of nitrogens with one attached hydrogen (secondary N) is 2. The maximum atomic E-state index is 9.45. The molecule has 7 nitrogen and oxygen atoms in total. The van der Waals surface area contributed by atoms with E-state index in [9.17, 15) is 5.11 Å². The normalized spacial score (nSPS) is 17.7. The number of hydrogen-bond acceptors (Lipinski definition) is 4. The highest BCUT2D eigenvalue weighted by Gasteiger charge is 2.31. The summed E-state index contributed by atoms with van der Waals surface area (Å²) in [7, 11) is 0. The van der Waals surface area contributed by atoms with Gasteiger partial charge in [0.1, 0.15) is 12.9 Å². The number of rotatable bonds is 8. The van der Waals surface area contributed by atoms with E-state index in [1.54, 1.807) is 6.33 Å². The molecule has 1 aromatic heterocycles. The number of aryl methyl sites for hydroxylation is 1. The summed E-state index contributed by atoms with van der Waals surface area (Å²) in [5.74, 6) is 1.68. The van der Waals surface area contributed by atoms with E-state index in [0.29, 0.717) is 6.54 Å². The first-order valence-corrected chi connectivity index (χ1v) is 9.22. The molecule has 24 heavy (non-hydrogen) atoms. The number of aliphatic hydroxyl groups is 1. The zero-order valence-corrected chi connectivity index (χ0v) is 15.1. The van der Waals surface area contributed by atoms with Crippen LogP contribution in [0.4, 0.5) is 0 Å². The van der Waals surface area contributed by atoms with Crippen LogP contribution < -0.4 is 10.6 Å². The van der Waals surface area contributed by atoms with E-state index in [-0.39, 0.29) is 12.0 Å². The third kappa shape index (κ3) is 5.19. The molecule has 1 saturated carbocycles. The van der Waals surface area contributed by atoms with Crippen molar-refractivity contribution in [1.29, 1.82) is 0 Å². The van der Waals surface area contributed by atoms with Gasteiger partial charge < -0.3 is 20.3 Å². The van der Waals surface area contributed by atoms with Crippen molar-refractivity contribution in [3.05, 3.63) is 12.2 Å². The summed E-state index contributed by atoms with van der Waals surface area (Å²) in [5, 5.41) is 24.3. The molecule has 2 rings (SSSR count). The van der Waals surface area contributed by atoms with Gasteiger partial charge in [-0.05, 0) is 38.5 Å². The Kier molecular flexibility index (Phi) is 7.49. The van der Waals surface area contributed by atoms with Gasteiger partial charge in [-0.2, -0.15) is 0 Å². The molecule has 1 fully saturated rings. The van der Waals surface area contributed by atoms with E-state index < -0.39 is 0 Å². The monoisotopic (exact) mass is 336 g/mol. The number of aliphatic hydroxyl groups excluding tert-OH is 1. The lowest BCUT2D eigenvalue weighted by Gasteiger charge is -2.37. The van der Waals surface area contributed by atoms with Gasteiger partial charge >= 0.3 is 0 Å². The third-order valence-electron chi connectivity index (χ3n) is 4.95. The van der Waals surface area contributed by atoms with E-state index in [4.69, 9.17) is 0 Å². The molecule has 0 amide bonds. The van der Waals surface area contributed by atoms with Crippen LogP contribution in [0.15, 0.2) is 11.3 Å². The van der Waals surface area contributed by atoms with Crippen molar-refractivity contribution in [2.24, 2.45) is 10.4 Å². The fourth-order valence-electron chi connectivity index (χ4n) is 3.48. The van der Waals surface area contributed by atoms with Gasteiger partial charge in [-0.15, -0.1) is 10.2 Å². The fraction of sp³-hybridized carbons (Fsp3) is 0.824. The Balaban J connectivity index is 1.97. The minimum Gasteiger partial charge on any atom is -0.396 e. The van der Waals surface area contributed by atoms with Crippen molar-refractivity contribution in [2.45, 2.75) is 65.5 Å². The van der Waals surface area contributed by atoms with E-state index in [0.717, 1.165) is 37.8 Å². The predicted octanol–water partition coefficient (Wildman–Crippen LogP) is 1.69. The summed E-state index contributed by atoms with van der Waals surface area (Å²) < 4.78 is 2.00. The molecule has 1 heterocycles. The summed E-state index contributed by atoms with van der Waals surface area (Å²) in [5.41, 5.74) is 0.201. The Hall–Kier alpha value is -1.63. The SMILES string of the molecule is CCNC(=NCc1nncn1CC)NCC1(CCO)CCCCC1. The van der Waals surface area contributed by atoms with Crippen LogP contribution in [-0.4, -0.2) is 45.5 Å². The molecule has 7 heteroatoms. The van der Waals surface area contributed by atoms with Gasteiger partial charge in [0.2, 0.25) is 0 Å². The first kappa shape index (κ1) is 18.7. The maximum absolute atomic E-state index is 9.45. The van der Waals surface area contributed by atoms with Gasteiger partial charge in [0.15, 0.2) is 11.8 Å². The van der Waals surface area contributed by atoms with E-state index in [1.807, 2.05) is 4.57 Å². The average Bonchev–Trinajstić information content (AvgIpc) is 3.06. The summed E-state index contributed by atoms with van der Waals surface area (Å²) in [6.07, 6.45) is 8.80. The summed E-state index contributed by atoms with van der Waals surface area (Å²) in [4.78, 5) is 4.65. The van der Waals surface area contributed by atoms with Crippen LogP contribution in [0.5, 0.6) is 0 Å². The molecule has 0 bridgehead atoms. The predicted molar refractivity (Wildman–Crippen MR) is 95.7 cm³/mol. The Morgan fingerprint density at radius 3 is 2.75 bits per heavy atom. The topological polar surface area (TPSA) is 87.4 Å². The molecule has 3 N–H and O–H groups in total. The van der Waals surface area contributed by atoms with Crippen LogP contribution in [0.1, 0.15) is 58.2 Å². The number of hydrogen-bond donors (Lipinski definition) is 3. The van der Waals surface area contributed by atoms with Crippen LogP contribution >= 0.6 is 0 Å². The van der Waals surface area contributed by atoms with Crippen LogP contribution in [0.25, 0.3) is 0 Å². The fourth-order valence-corrected chi connectivity index (χ4v) is 3.48. The minimum absolute atomic E-state index is 0.201. The highest BCUT2D eigenvalue weighted by Crippen LogP contribution is 2.38. The van der Waals surface area contributed by atoms with Crippen molar-refractivity contribution >= 4 is 5.96 Å². The molecule has 0 aliphatic heterocycles.